The second kappa shape index (κ2) is 6.53. The fourth-order valence-corrected chi connectivity index (χ4v) is 4.59. The summed E-state index contributed by atoms with van der Waals surface area (Å²) in [5, 5.41) is 2.43. The lowest BCUT2D eigenvalue weighted by Gasteiger charge is -2.34. The van der Waals surface area contributed by atoms with Crippen molar-refractivity contribution in [1.82, 2.24) is 9.62 Å². The average Bonchev–Trinajstić information content (AvgIpc) is 2.61. The van der Waals surface area contributed by atoms with Gasteiger partial charge in [0.2, 0.25) is 15.9 Å². The second-order valence-electron chi connectivity index (χ2n) is 5.73. The van der Waals surface area contributed by atoms with Crippen LogP contribution in [0.3, 0.4) is 0 Å². The summed E-state index contributed by atoms with van der Waals surface area (Å²) >= 11 is 0. The van der Waals surface area contributed by atoms with Crippen LogP contribution in [0.1, 0.15) is 11.1 Å². The van der Waals surface area contributed by atoms with E-state index in [1.807, 2.05) is 6.07 Å². The predicted molar refractivity (Wildman–Crippen MR) is 87.1 cm³/mol. The minimum Gasteiger partial charge on any atom is -0.358 e. The second-order valence-corrected chi connectivity index (χ2v) is 7.59. The molecule has 1 aliphatic rings. The highest BCUT2D eigenvalue weighted by Gasteiger charge is 2.40. The maximum atomic E-state index is 14.1. The first-order chi connectivity index (χ1) is 11.8. The van der Waals surface area contributed by atoms with Gasteiger partial charge in [-0.25, -0.2) is 17.2 Å². The van der Waals surface area contributed by atoms with Gasteiger partial charge in [0.25, 0.3) is 0 Å². The molecule has 0 fully saturated rings. The SMILES string of the molecule is CNC(=O)[C@@H]1Cc2ccccc2CN1S(=O)(=O)c1cc(F)ccc1F. The van der Waals surface area contributed by atoms with Crippen LogP contribution in [0, 0.1) is 11.6 Å². The molecule has 3 rings (SSSR count). The van der Waals surface area contributed by atoms with Crippen molar-refractivity contribution in [2.24, 2.45) is 0 Å². The minimum absolute atomic E-state index is 0.0907. The molecule has 1 aliphatic heterocycles. The van der Waals surface area contributed by atoms with E-state index in [2.05, 4.69) is 5.32 Å². The molecule has 2 aromatic rings. The summed E-state index contributed by atoms with van der Waals surface area (Å²) in [6, 6.07) is 8.32. The average molecular weight is 366 g/mol. The highest BCUT2D eigenvalue weighted by molar-refractivity contribution is 7.89. The van der Waals surface area contributed by atoms with Crippen LogP contribution in [0.4, 0.5) is 8.78 Å². The zero-order valence-corrected chi connectivity index (χ0v) is 14.2. The highest BCUT2D eigenvalue weighted by atomic mass is 32.2. The number of rotatable bonds is 3. The van der Waals surface area contributed by atoms with Gasteiger partial charge in [0, 0.05) is 13.6 Å². The molecule has 2 aromatic carbocycles. The van der Waals surface area contributed by atoms with Crippen LogP contribution in [0.25, 0.3) is 0 Å². The molecule has 0 aliphatic carbocycles. The summed E-state index contributed by atoms with van der Waals surface area (Å²) in [5.41, 5.74) is 1.57. The van der Waals surface area contributed by atoms with Crippen molar-refractivity contribution >= 4 is 15.9 Å². The molecule has 1 heterocycles. The van der Waals surface area contributed by atoms with Crippen molar-refractivity contribution in [3.63, 3.8) is 0 Å². The van der Waals surface area contributed by atoms with Crippen LogP contribution in [0.2, 0.25) is 0 Å². The Balaban J connectivity index is 2.11. The van der Waals surface area contributed by atoms with E-state index in [4.69, 9.17) is 0 Å². The van der Waals surface area contributed by atoms with Gasteiger partial charge in [-0.2, -0.15) is 4.31 Å². The number of hydrogen-bond donors (Lipinski definition) is 1. The van der Waals surface area contributed by atoms with Crippen molar-refractivity contribution in [2.75, 3.05) is 7.05 Å². The molecule has 0 saturated heterocycles. The Hall–Kier alpha value is -2.32. The van der Waals surface area contributed by atoms with E-state index >= 15 is 0 Å². The molecule has 8 heteroatoms. The number of halogens is 2. The van der Waals surface area contributed by atoms with E-state index in [-0.39, 0.29) is 13.0 Å². The Kier molecular flexibility index (Phi) is 4.57. The number of amides is 1. The number of fused-ring (bicyclic) bond motifs is 1. The quantitative estimate of drug-likeness (QED) is 0.901. The first-order valence-electron chi connectivity index (χ1n) is 7.60. The van der Waals surface area contributed by atoms with Crippen molar-refractivity contribution < 1.29 is 22.0 Å². The van der Waals surface area contributed by atoms with Crippen molar-refractivity contribution in [3.8, 4) is 0 Å². The lowest BCUT2D eigenvalue weighted by Crippen LogP contribution is -2.51. The zero-order valence-electron chi connectivity index (χ0n) is 13.4. The molecule has 0 unspecified atom stereocenters. The summed E-state index contributed by atoms with van der Waals surface area (Å²) in [6.45, 7) is -0.0907. The zero-order chi connectivity index (χ0) is 18.2. The number of sulfonamides is 1. The Morgan fingerprint density at radius 1 is 1.16 bits per heavy atom. The van der Waals surface area contributed by atoms with E-state index in [1.165, 1.54) is 7.05 Å². The first-order valence-corrected chi connectivity index (χ1v) is 9.04. The van der Waals surface area contributed by atoms with Crippen LogP contribution < -0.4 is 5.32 Å². The van der Waals surface area contributed by atoms with Gasteiger partial charge in [-0.05, 0) is 35.7 Å². The molecule has 132 valence electrons. The van der Waals surface area contributed by atoms with Gasteiger partial charge in [-0.1, -0.05) is 24.3 Å². The molecule has 1 N–H and O–H groups in total. The van der Waals surface area contributed by atoms with E-state index in [0.717, 1.165) is 27.6 Å². The lowest BCUT2D eigenvalue weighted by atomic mass is 9.95. The van der Waals surface area contributed by atoms with Crippen molar-refractivity contribution in [3.05, 3.63) is 65.2 Å². The summed E-state index contributed by atoms with van der Waals surface area (Å²) in [5.74, 6) is -2.43. The third-order valence-corrected chi connectivity index (χ3v) is 6.10. The monoisotopic (exact) mass is 366 g/mol. The lowest BCUT2D eigenvalue weighted by molar-refractivity contribution is -0.124. The van der Waals surface area contributed by atoms with E-state index in [9.17, 15) is 22.0 Å². The number of nitrogens with zero attached hydrogens (tertiary/aromatic N) is 1. The first kappa shape index (κ1) is 17.5. The molecule has 0 bridgehead atoms. The molecular weight excluding hydrogens is 350 g/mol. The third-order valence-electron chi connectivity index (χ3n) is 4.23. The number of nitrogens with one attached hydrogen (secondary N) is 1. The van der Waals surface area contributed by atoms with Crippen molar-refractivity contribution in [1.29, 1.82) is 0 Å². The van der Waals surface area contributed by atoms with Crippen LogP contribution in [-0.4, -0.2) is 31.7 Å². The van der Waals surface area contributed by atoms with Gasteiger partial charge in [-0.3, -0.25) is 4.79 Å². The van der Waals surface area contributed by atoms with Gasteiger partial charge >= 0.3 is 0 Å². The van der Waals surface area contributed by atoms with Gasteiger partial charge in [-0.15, -0.1) is 0 Å². The molecule has 1 amide bonds. The van der Waals surface area contributed by atoms with Gasteiger partial charge in [0.05, 0.1) is 0 Å². The molecule has 0 saturated carbocycles. The largest absolute Gasteiger partial charge is 0.358 e. The van der Waals surface area contributed by atoms with E-state index in [1.54, 1.807) is 18.2 Å². The summed E-state index contributed by atoms with van der Waals surface area (Å²) in [6.07, 6.45) is 0.159. The van der Waals surface area contributed by atoms with Crippen LogP contribution in [0.5, 0.6) is 0 Å². The maximum Gasteiger partial charge on any atom is 0.247 e. The number of likely N-dealkylation sites (N-methyl/N-ethyl adjacent to an activating group) is 1. The Morgan fingerprint density at radius 3 is 2.52 bits per heavy atom. The summed E-state index contributed by atoms with van der Waals surface area (Å²) < 4.78 is 54.3. The number of hydrogen-bond acceptors (Lipinski definition) is 3. The Morgan fingerprint density at radius 2 is 1.84 bits per heavy atom. The normalized spacial score (nSPS) is 17.8. The van der Waals surface area contributed by atoms with Crippen molar-refractivity contribution in [2.45, 2.75) is 23.9 Å². The molecule has 0 aromatic heterocycles. The summed E-state index contributed by atoms with van der Waals surface area (Å²) in [7, 11) is -3.01. The fraction of sp³-hybridized carbons (Fsp3) is 0.235. The number of carbonyl (C=O) groups excluding carboxylic acids is 1. The molecule has 5 nitrogen and oxygen atoms in total. The van der Waals surface area contributed by atoms with Crippen LogP contribution in [-0.2, 0) is 27.8 Å². The Labute approximate surface area is 144 Å². The maximum absolute atomic E-state index is 14.1. The fourth-order valence-electron chi connectivity index (χ4n) is 2.94. The number of carbonyl (C=O) groups is 1. The predicted octanol–water partition coefficient (Wildman–Crippen LogP) is 1.83. The molecule has 1 atom stereocenters. The highest BCUT2D eigenvalue weighted by Crippen LogP contribution is 2.30. The Bertz CT molecular complexity index is 931. The standard InChI is InChI=1S/C17H16F2N2O3S/c1-20-17(22)15-8-11-4-2-3-5-12(11)10-21(15)25(23,24)16-9-13(18)6-7-14(16)19/h2-7,9,15H,8,10H2,1H3,(H,20,22)/t15-/m0/s1. The minimum atomic E-state index is -4.40. The molecule has 0 radical (unpaired) electrons. The third kappa shape index (κ3) is 3.14. The number of benzene rings is 2. The van der Waals surface area contributed by atoms with E-state index < -0.39 is 38.5 Å². The topological polar surface area (TPSA) is 66.5 Å². The molecular formula is C17H16F2N2O3S. The molecule has 25 heavy (non-hydrogen) atoms. The van der Waals surface area contributed by atoms with E-state index in [0.29, 0.717) is 6.07 Å². The molecule has 0 spiro atoms. The van der Waals surface area contributed by atoms with Crippen LogP contribution >= 0.6 is 0 Å². The smallest absolute Gasteiger partial charge is 0.247 e. The van der Waals surface area contributed by atoms with Gasteiger partial charge < -0.3 is 5.32 Å². The van der Waals surface area contributed by atoms with Crippen LogP contribution in [0.15, 0.2) is 47.4 Å². The van der Waals surface area contributed by atoms with Gasteiger partial charge in [0.1, 0.15) is 22.6 Å². The van der Waals surface area contributed by atoms with Gasteiger partial charge in [0.15, 0.2) is 0 Å². The summed E-state index contributed by atoms with van der Waals surface area (Å²) in [4.78, 5) is 11.5.